The van der Waals surface area contributed by atoms with E-state index in [1.54, 1.807) is 45.9 Å². The van der Waals surface area contributed by atoms with Gasteiger partial charge in [0.25, 0.3) is 0 Å². The van der Waals surface area contributed by atoms with Gasteiger partial charge in [0.1, 0.15) is 12.3 Å². The number of H-pyrrole nitrogens is 1. The summed E-state index contributed by atoms with van der Waals surface area (Å²) in [6, 6.07) is 6.43. The van der Waals surface area contributed by atoms with Crippen molar-refractivity contribution in [2.75, 3.05) is 0 Å². The second-order valence-electron chi connectivity index (χ2n) is 6.82. The van der Waals surface area contributed by atoms with E-state index in [4.69, 9.17) is 9.47 Å². The molecule has 2 heterocycles. The number of esters is 2. The summed E-state index contributed by atoms with van der Waals surface area (Å²) in [5.41, 5.74) is 1.78. The van der Waals surface area contributed by atoms with Crippen LogP contribution in [-0.4, -0.2) is 32.6 Å². The maximum Gasteiger partial charge on any atom is 0.355 e. The van der Waals surface area contributed by atoms with Crippen LogP contribution in [-0.2, 0) is 16.1 Å². The van der Waals surface area contributed by atoms with Crippen molar-refractivity contribution < 1.29 is 27.8 Å². The van der Waals surface area contributed by atoms with Crippen molar-refractivity contribution in [1.29, 1.82) is 0 Å². The lowest BCUT2D eigenvalue weighted by Crippen LogP contribution is -2.14. The number of benzene rings is 1. The van der Waals surface area contributed by atoms with Crippen LogP contribution in [0.3, 0.4) is 0 Å². The number of rotatable bonds is 6. The first kappa shape index (κ1) is 20.5. The molecule has 0 fully saturated rings. The van der Waals surface area contributed by atoms with Crippen LogP contribution >= 0.6 is 0 Å². The van der Waals surface area contributed by atoms with E-state index in [-0.39, 0.29) is 28.7 Å². The molecule has 1 N–H and O–H groups in total. The lowest BCUT2D eigenvalue weighted by Gasteiger charge is -2.09. The lowest BCUT2D eigenvalue weighted by molar-refractivity contribution is 0.0376. The van der Waals surface area contributed by atoms with Gasteiger partial charge >= 0.3 is 18.5 Å². The van der Waals surface area contributed by atoms with Crippen LogP contribution in [0.2, 0.25) is 0 Å². The van der Waals surface area contributed by atoms with Crippen molar-refractivity contribution in [2.24, 2.45) is 0 Å². The summed E-state index contributed by atoms with van der Waals surface area (Å²) < 4.78 is 38.1. The van der Waals surface area contributed by atoms with Gasteiger partial charge in [0.15, 0.2) is 5.82 Å². The Hall–Kier alpha value is -3.23. The number of alkyl halides is 2. The third-order valence-electron chi connectivity index (χ3n) is 4.38. The molecule has 29 heavy (non-hydrogen) atoms. The number of nitrogens with one attached hydrogen (secondary N) is 1. The van der Waals surface area contributed by atoms with Gasteiger partial charge in [-0.3, -0.25) is 4.57 Å². The molecular formula is C20H21F2N3O4. The Kier molecular flexibility index (Phi) is 5.67. The molecule has 0 radical (unpaired) electrons. The van der Waals surface area contributed by atoms with Crippen LogP contribution in [0.4, 0.5) is 8.78 Å². The zero-order chi connectivity index (χ0) is 21.3. The average molecular weight is 405 g/mol. The van der Waals surface area contributed by atoms with Crippen molar-refractivity contribution in [3.63, 3.8) is 0 Å². The molecule has 1 aromatic carbocycles. The van der Waals surface area contributed by atoms with Crippen LogP contribution in [0.15, 0.2) is 24.3 Å². The summed E-state index contributed by atoms with van der Waals surface area (Å²) in [7, 11) is 0. The molecule has 0 spiro atoms. The second kappa shape index (κ2) is 8.02. The molecule has 0 amide bonds. The molecule has 0 aliphatic carbocycles. The number of aromatic amines is 1. The first-order valence-electron chi connectivity index (χ1n) is 9.02. The Balaban J connectivity index is 1.83. The SMILES string of the molecule is Cc1[nH]c(C(=O)OCc2nc3ccccc3n2C(F)F)c(C)c1C(=O)OC(C)C. The predicted molar refractivity (Wildman–Crippen MR) is 101 cm³/mol. The molecule has 0 saturated carbocycles. The number of ether oxygens (including phenoxy) is 2. The van der Waals surface area contributed by atoms with Gasteiger partial charge in [-0.15, -0.1) is 0 Å². The van der Waals surface area contributed by atoms with Crippen LogP contribution in [0.25, 0.3) is 11.0 Å². The van der Waals surface area contributed by atoms with Gasteiger partial charge in [-0.25, -0.2) is 14.6 Å². The highest BCUT2D eigenvalue weighted by atomic mass is 19.3. The molecule has 0 aliphatic heterocycles. The molecule has 3 rings (SSSR count). The number of imidazole rings is 1. The Morgan fingerprint density at radius 1 is 1.17 bits per heavy atom. The number of para-hydroxylation sites is 2. The summed E-state index contributed by atoms with van der Waals surface area (Å²) in [6.45, 7) is 3.39. The van der Waals surface area contributed by atoms with Gasteiger partial charge in [-0.05, 0) is 45.4 Å². The van der Waals surface area contributed by atoms with Gasteiger partial charge in [0, 0.05) is 5.69 Å². The number of aromatic nitrogens is 3. The first-order valence-corrected chi connectivity index (χ1v) is 9.02. The monoisotopic (exact) mass is 405 g/mol. The molecule has 0 saturated heterocycles. The van der Waals surface area contributed by atoms with Crippen LogP contribution in [0, 0.1) is 13.8 Å². The standard InChI is InChI=1S/C20H21F2N3O4/c1-10(2)29-18(26)16-11(3)17(23-12(16)4)19(27)28-9-15-24-13-7-5-6-8-14(13)25(15)20(21)22/h5-8,10,20,23H,9H2,1-4H3. The number of fused-ring (bicyclic) bond motifs is 1. The third-order valence-corrected chi connectivity index (χ3v) is 4.38. The number of carbonyl (C=O) groups is 2. The molecule has 2 aromatic heterocycles. The zero-order valence-electron chi connectivity index (χ0n) is 16.5. The second-order valence-corrected chi connectivity index (χ2v) is 6.82. The summed E-state index contributed by atoms with van der Waals surface area (Å²) in [5.74, 6) is -1.40. The lowest BCUT2D eigenvalue weighted by atomic mass is 10.1. The number of halogens is 2. The van der Waals surface area contributed by atoms with Crippen molar-refractivity contribution in [2.45, 2.75) is 47.0 Å². The highest BCUT2D eigenvalue weighted by Gasteiger charge is 2.25. The number of aryl methyl sites for hydroxylation is 1. The zero-order valence-corrected chi connectivity index (χ0v) is 16.5. The Bertz CT molecular complexity index is 1070. The largest absolute Gasteiger partial charge is 0.459 e. The van der Waals surface area contributed by atoms with Crippen LogP contribution < -0.4 is 0 Å². The number of carbonyl (C=O) groups excluding carboxylic acids is 2. The summed E-state index contributed by atoms with van der Waals surface area (Å²) in [4.78, 5) is 31.7. The van der Waals surface area contributed by atoms with Crippen molar-refractivity contribution in [3.05, 3.63) is 52.6 Å². The maximum atomic E-state index is 13.5. The van der Waals surface area contributed by atoms with E-state index in [2.05, 4.69) is 9.97 Å². The number of hydrogen-bond acceptors (Lipinski definition) is 5. The van der Waals surface area contributed by atoms with E-state index < -0.39 is 25.1 Å². The Labute approximate surface area is 165 Å². The van der Waals surface area contributed by atoms with E-state index in [0.717, 1.165) is 4.57 Å². The molecule has 0 aliphatic rings. The fourth-order valence-corrected chi connectivity index (χ4v) is 3.15. The Morgan fingerprint density at radius 3 is 2.52 bits per heavy atom. The van der Waals surface area contributed by atoms with Crippen molar-refractivity contribution in [3.8, 4) is 0 Å². The fourth-order valence-electron chi connectivity index (χ4n) is 3.15. The first-order chi connectivity index (χ1) is 13.7. The van der Waals surface area contributed by atoms with Gasteiger partial charge in [0.05, 0.1) is 22.7 Å². The topological polar surface area (TPSA) is 86.2 Å². The summed E-state index contributed by atoms with van der Waals surface area (Å²) in [6.07, 6.45) is -0.311. The number of hydrogen-bond donors (Lipinski definition) is 1. The minimum absolute atomic E-state index is 0.0675. The van der Waals surface area contributed by atoms with Crippen molar-refractivity contribution >= 4 is 23.0 Å². The number of nitrogens with zero attached hydrogens (tertiary/aromatic N) is 2. The third kappa shape index (κ3) is 3.98. The maximum absolute atomic E-state index is 13.5. The smallest absolute Gasteiger partial charge is 0.355 e. The average Bonchev–Trinajstić information content (AvgIpc) is 3.16. The normalized spacial score (nSPS) is 11.4. The molecule has 0 bridgehead atoms. The predicted octanol–water partition coefficient (Wildman–Crippen LogP) is 4.30. The summed E-state index contributed by atoms with van der Waals surface area (Å²) >= 11 is 0. The molecular weight excluding hydrogens is 384 g/mol. The van der Waals surface area contributed by atoms with Gasteiger partial charge in [-0.1, -0.05) is 12.1 Å². The molecule has 154 valence electrons. The Morgan fingerprint density at radius 2 is 1.86 bits per heavy atom. The minimum Gasteiger partial charge on any atom is -0.459 e. The van der Waals surface area contributed by atoms with Gasteiger partial charge < -0.3 is 14.5 Å². The molecule has 3 aromatic rings. The van der Waals surface area contributed by atoms with E-state index >= 15 is 0 Å². The molecule has 0 unspecified atom stereocenters. The minimum atomic E-state index is -2.83. The van der Waals surface area contributed by atoms with E-state index in [9.17, 15) is 18.4 Å². The molecule has 9 heteroatoms. The van der Waals surface area contributed by atoms with Crippen LogP contribution in [0.5, 0.6) is 0 Å². The fraction of sp³-hybridized carbons (Fsp3) is 0.350. The summed E-state index contributed by atoms with van der Waals surface area (Å²) in [5, 5.41) is 0. The van der Waals surface area contributed by atoms with E-state index in [1.165, 1.54) is 6.07 Å². The quantitative estimate of drug-likeness (QED) is 0.618. The molecule has 0 atom stereocenters. The van der Waals surface area contributed by atoms with Crippen LogP contribution in [0.1, 0.15) is 58.3 Å². The van der Waals surface area contributed by atoms with Crippen molar-refractivity contribution in [1.82, 2.24) is 14.5 Å². The molecule has 7 nitrogen and oxygen atoms in total. The van der Waals surface area contributed by atoms with E-state index in [0.29, 0.717) is 16.8 Å². The highest BCUT2D eigenvalue weighted by Crippen LogP contribution is 2.24. The van der Waals surface area contributed by atoms with E-state index in [1.807, 2.05) is 0 Å². The van der Waals surface area contributed by atoms with Gasteiger partial charge in [-0.2, -0.15) is 8.78 Å². The van der Waals surface area contributed by atoms with Gasteiger partial charge in [0.2, 0.25) is 0 Å². The highest BCUT2D eigenvalue weighted by molar-refractivity contribution is 5.98.